The first-order chi connectivity index (χ1) is 5.20. The summed E-state index contributed by atoms with van der Waals surface area (Å²) in [5.74, 6) is 1.36. The highest BCUT2D eigenvalue weighted by Gasteiger charge is 2.40. The summed E-state index contributed by atoms with van der Waals surface area (Å²) in [7, 11) is 0. The van der Waals surface area contributed by atoms with Gasteiger partial charge in [0.15, 0.2) is 0 Å². The van der Waals surface area contributed by atoms with Crippen molar-refractivity contribution < 1.29 is 4.79 Å². The predicted molar refractivity (Wildman–Crippen MR) is 45.2 cm³/mol. The quantitative estimate of drug-likeness (QED) is 0.605. The molecule has 0 aromatic carbocycles. The second-order valence-electron chi connectivity index (χ2n) is 3.33. The number of carbonyl (C=O) groups excluding carboxylic acids is 1. The minimum Gasteiger partial charge on any atom is -0.343 e. The number of nitrogens with zero attached hydrogens (tertiary/aromatic N) is 1. The number of hydrogen-bond donors (Lipinski definition) is 0. The highest BCUT2D eigenvalue weighted by molar-refractivity contribution is 5.81. The third-order valence-electron chi connectivity index (χ3n) is 2.50. The van der Waals surface area contributed by atoms with Crippen LogP contribution in [-0.2, 0) is 4.79 Å². The van der Waals surface area contributed by atoms with Gasteiger partial charge in [-0.15, -0.1) is 0 Å². The van der Waals surface area contributed by atoms with E-state index in [2.05, 4.69) is 6.92 Å². The smallest absolute Gasteiger partial charge is 0.225 e. The highest BCUT2D eigenvalue weighted by atomic mass is 16.2. The maximum absolute atomic E-state index is 11.5. The Balaban J connectivity index is 2.39. The topological polar surface area (TPSA) is 20.3 Å². The normalized spacial score (nSPS) is 28.3. The lowest BCUT2D eigenvalue weighted by atomic mass is 10.3. The number of amides is 1. The Kier molecular flexibility index (Phi) is 2.53. The summed E-state index contributed by atoms with van der Waals surface area (Å²) < 4.78 is 0. The Morgan fingerprint density at radius 3 is 2.18 bits per heavy atom. The molecule has 2 atom stereocenters. The molecule has 1 fully saturated rings. The van der Waals surface area contributed by atoms with Crippen LogP contribution in [0, 0.1) is 11.8 Å². The Bertz CT molecular complexity index is 152. The van der Waals surface area contributed by atoms with Crippen LogP contribution in [0.2, 0.25) is 0 Å². The summed E-state index contributed by atoms with van der Waals surface area (Å²) in [6.45, 7) is 7.94. The molecule has 0 aliphatic heterocycles. The minimum atomic E-state index is 0.356. The fraction of sp³-hybridized carbons (Fsp3) is 0.889. The molecule has 64 valence electrons. The molecule has 0 saturated heterocycles. The van der Waals surface area contributed by atoms with E-state index in [4.69, 9.17) is 0 Å². The van der Waals surface area contributed by atoms with Crippen molar-refractivity contribution in [1.29, 1.82) is 0 Å². The molecular formula is C9H17NO. The van der Waals surface area contributed by atoms with E-state index in [1.807, 2.05) is 18.7 Å². The zero-order valence-electron chi connectivity index (χ0n) is 7.63. The van der Waals surface area contributed by atoms with Crippen molar-refractivity contribution >= 4 is 5.91 Å². The van der Waals surface area contributed by atoms with Crippen LogP contribution in [0.1, 0.15) is 27.2 Å². The molecule has 2 nitrogen and oxygen atoms in total. The lowest BCUT2D eigenvalue weighted by Gasteiger charge is -2.18. The van der Waals surface area contributed by atoms with Crippen LogP contribution in [-0.4, -0.2) is 23.9 Å². The lowest BCUT2D eigenvalue weighted by Crippen LogP contribution is -2.32. The zero-order chi connectivity index (χ0) is 8.43. The number of carbonyl (C=O) groups is 1. The van der Waals surface area contributed by atoms with Crippen LogP contribution in [0.3, 0.4) is 0 Å². The summed E-state index contributed by atoms with van der Waals surface area (Å²) in [6.07, 6.45) is 1.11. The fourth-order valence-corrected chi connectivity index (χ4v) is 1.44. The summed E-state index contributed by atoms with van der Waals surface area (Å²) in [5.41, 5.74) is 0. The van der Waals surface area contributed by atoms with Gasteiger partial charge < -0.3 is 4.90 Å². The molecule has 1 aliphatic rings. The third-order valence-corrected chi connectivity index (χ3v) is 2.50. The lowest BCUT2D eigenvalue weighted by molar-refractivity contribution is -0.132. The first-order valence-corrected chi connectivity index (χ1v) is 4.49. The molecule has 0 aromatic heterocycles. The van der Waals surface area contributed by atoms with Crippen LogP contribution in [0.4, 0.5) is 0 Å². The average molecular weight is 155 g/mol. The molecule has 2 unspecified atom stereocenters. The van der Waals surface area contributed by atoms with Gasteiger partial charge in [0.1, 0.15) is 0 Å². The summed E-state index contributed by atoms with van der Waals surface area (Å²) in [4.78, 5) is 13.4. The molecule has 0 aromatic rings. The van der Waals surface area contributed by atoms with Gasteiger partial charge >= 0.3 is 0 Å². The van der Waals surface area contributed by atoms with Crippen LogP contribution in [0.5, 0.6) is 0 Å². The maximum Gasteiger partial charge on any atom is 0.225 e. The molecular weight excluding hydrogens is 138 g/mol. The van der Waals surface area contributed by atoms with Crippen molar-refractivity contribution in [3.8, 4) is 0 Å². The van der Waals surface area contributed by atoms with E-state index in [-0.39, 0.29) is 0 Å². The Labute approximate surface area is 68.6 Å². The van der Waals surface area contributed by atoms with Crippen molar-refractivity contribution in [2.75, 3.05) is 13.1 Å². The SMILES string of the molecule is CCN(CC)C(=O)C1CC1C. The largest absolute Gasteiger partial charge is 0.343 e. The van der Waals surface area contributed by atoms with Gasteiger partial charge in [-0.1, -0.05) is 6.92 Å². The van der Waals surface area contributed by atoms with Gasteiger partial charge in [-0.3, -0.25) is 4.79 Å². The van der Waals surface area contributed by atoms with Crippen molar-refractivity contribution in [1.82, 2.24) is 4.90 Å². The molecule has 1 aliphatic carbocycles. The Morgan fingerprint density at radius 2 is 1.91 bits per heavy atom. The summed E-state index contributed by atoms with van der Waals surface area (Å²) in [6, 6.07) is 0. The van der Waals surface area contributed by atoms with E-state index in [9.17, 15) is 4.79 Å². The molecule has 1 saturated carbocycles. The average Bonchev–Trinajstić information content (AvgIpc) is 2.69. The summed E-state index contributed by atoms with van der Waals surface area (Å²) >= 11 is 0. The van der Waals surface area contributed by atoms with Gasteiger partial charge in [-0.05, 0) is 26.2 Å². The van der Waals surface area contributed by atoms with E-state index < -0.39 is 0 Å². The van der Waals surface area contributed by atoms with Gasteiger partial charge in [-0.2, -0.15) is 0 Å². The van der Waals surface area contributed by atoms with Crippen molar-refractivity contribution in [2.24, 2.45) is 11.8 Å². The molecule has 2 heteroatoms. The molecule has 0 heterocycles. The summed E-state index contributed by atoms with van der Waals surface area (Å²) in [5, 5.41) is 0. The Hall–Kier alpha value is -0.530. The number of hydrogen-bond acceptors (Lipinski definition) is 1. The van der Waals surface area contributed by atoms with E-state index >= 15 is 0 Å². The minimum absolute atomic E-state index is 0.356. The van der Waals surface area contributed by atoms with Gasteiger partial charge in [-0.25, -0.2) is 0 Å². The van der Waals surface area contributed by atoms with Gasteiger partial charge in [0.2, 0.25) is 5.91 Å². The maximum atomic E-state index is 11.5. The molecule has 0 radical (unpaired) electrons. The molecule has 0 bridgehead atoms. The molecule has 1 rings (SSSR count). The van der Waals surface area contributed by atoms with Crippen LogP contribution < -0.4 is 0 Å². The molecule has 11 heavy (non-hydrogen) atoms. The monoisotopic (exact) mass is 155 g/mol. The number of rotatable bonds is 3. The third kappa shape index (κ3) is 1.73. The first-order valence-electron chi connectivity index (χ1n) is 4.49. The van der Waals surface area contributed by atoms with Gasteiger partial charge in [0, 0.05) is 19.0 Å². The Morgan fingerprint density at radius 1 is 1.45 bits per heavy atom. The van der Waals surface area contributed by atoms with Crippen LogP contribution >= 0.6 is 0 Å². The van der Waals surface area contributed by atoms with Gasteiger partial charge in [0.05, 0.1) is 0 Å². The molecule has 0 spiro atoms. The van der Waals surface area contributed by atoms with E-state index in [0.717, 1.165) is 19.5 Å². The predicted octanol–water partition coefficient (Wildman–Crippen LogP) is 1.51. The van der Waals surface area contributed by atoms with Crippen LogP contribution in [0.25, 0.3) is 0 Å². The molecule has 0 N–H and O–H groups in total. The highest BCUT2D eigenvalue weighted by Crippen LogP contribution is 2.38. The standard InChI is InChI=1S/C9H17NO/c1-4-10(5-2)9(11)8-6-7(8)3/h7-8H,4-6H2,1-3H3. The van der Waals surface area contributed by atoms with Crippen molar-refractivity contribution in [2.45, 2.75) is 27.2 Å². The molecule has 1 amide bonds. The van der Waals surface area contributed by atoms with E-state index in [1.54, 1.807) is 0 Å². The second-order valence-corrected chi connectivity index (χ2v) is 3.33. The van der Waals surface area contributed by atoms with Gasteiger partial charge in [0.25, 0.3) is 0 Å². The van der Waals surface area contributed by atoms with E-state index in [0.29, 0.717) is 17.7 Å². The van der Waals surface area contributed by atoms with Crippen LogP contribution in [0.15, 0.2) is 0 Å². The second kappa shape index (κ2) is 3.24. The van der Waals surface area contributed by atoms with Crippen molar-refractivity contribution in [3.63, 3.8) is 0 Å². The first kappa shape index (κ1) is 8.57. The van der Waals surface area contributed by atoms with E-state index in [1.165, 1.54) is 0 Å². The fourth-order valence-electron chi connectivity index (χ4n) is 1.44. The zero-order valence-corrected chi connectivity index (χ0v) is 7.63. The van der Waals surface area contributed by atoms with Crippen molar-refractivity contribution in [3.05, 3.63) is 0 Å².